The summed E-state index contributed by atoms with van der Waals surface area (Å²) >= 11 is 0. The molecule has 0 atom stereocenters. The molecule has 3 nitrogen and oxygen atoms in total. The molecule has 0 saturated heterocycles. The Kier molecular flexibility index (Phi) is 2.97. The van der Waals surface area contributed by atoms with Gasteiger partial charge in [0.2, 0.25) is 0 Å². The van der Waals surface area contributed by atoms with Crippen molar-refractivity contribution in [2.24, 2.45) is 0 Å². The van der Waals surface area contributed by atoms with Crippen LogP contribution in [0.4, 0.5) is 0 Å². The van der Waals surface area contributed by atoms with Crippen LogP contribution in [0.1, 0.15) is 39.2 Å². The maximum absolute atomic E-state index is 9.09. The Morgan fingerprint density at radius 3 is 2.53 bits per heavy atom. The number of benzene rings is 1. The zero-order valence-corrected chi connectivity index (χ0v) is 10.5. The van der Waals surface area contributed by atoms with E-state index in [0.717, 1.165) is 12.8 Å². The highest BCUT2D eigenvalue weighted by atomic mass is 16.5. The van der Waals surface area contributed by atoms with Crippen LogP contribution >= 0.6 is 0 Å². The Morgan fingerprint density at radius 1 is 1.29 bits per heavy atom. The van der Waals surface area contributed by atoms with E-state index in [1.807, 2.05) is 32.9 Å². The van der Waals surface area contributed by atoms with Crippen LogP contribution in [-0.2, 0) is 0 Å². The molecule has 0 heterocycles. The molecule has 0 unspecified atom stereocenters. The Bertz CT molecular complexity index is 450. The molecule has 0 amide bonds. The topological polar surface area (TPSA) is 42.2 Å². The molecule has 0 spiro atoms. The number of nitrogens with zero attached hydrogens (tertiary/aromatic N) is 1. The van der Waals surface area contributed by atoms with Gasteiger partial charge in [0.15, 0.2) is 11.5 Å². The molecule has 0 N–H and O–H groups in total. The summed E-state index contributed by atoms with van der Waals surface area (Å²) in [6, 6.07) is 7.58. The highest BCUT2D eigenvalue weighted by molar-refractivity contribution is 5.52. The van der Waals surface area contributed by atoms with Gasteiger partial charge in [-0.25, -0.2) is 0 Å². The first kappa shape index (κ1) is 11.8. The summed E-state index contributed by atoms with van der Waals surface area (Å²) in [5, 5.41) is 9.09. The van der Waals surface area contributed by atoms with Gasteiger partial charge < -0.3 is 9.47 Å². The third kappa shape index (κ3) is 3.13. The smallest absolute Gasteiger partial charge is 0.179 e. The minimum Gasteiger partial charge on any atom is -0.485 e. The van der Waals surface area contributed by atoms with Gasteiger partial charge in [-0.15, -0.1) is 0 Å². The Morgan fingerprint density at radius 2 is 2.00 bits per heavy atom. The molecule has 1 saturated carbocycles. The van der Waals surface area contributed by atoms with Gasteiger partial charge in [0.25, 0.3) is 0 Å². The van der Waals surface area contributed by atoms with Crippen LogP contribution in [0, 0.1) is 11.3 Å². The monoisotopic (exact) mass is 231 g/mol. The van der Waals surface area contributed by atoms with Gasteiger partial charge in [0, 0.05) is 0 Å². The van der Waals surface area contributed by atoms with Gasteiger partial charge in [0.1, 0.15) is 11.7 Å². The quantitative estimate of drug-likeness (QED) is 0.801. The van der Waals surface area contributed by atoms with Crippen molar-refractivity contribution < 1.29 is 9.47 Å². The number of rotatable bonds is 3. The number of ether oxygens (including phenoxy) is 2. The Labute approximate surface area is 102 Å². The summed E-state index contributed by atoms with van der Waals surface area (Å²) in [5.74, 6) is 1.25. The zero-order chi connectivity index (χ0) is 12.5. The van der Waals surface area contributed by atoms with Crippen LogP contribution in [0.5, 0.6) is 11.5 Å². The molecule has 90 valence electrons. The predicted molar refractivity (Wildman–Crippen MR) is 65.2 cm³/mol. The van der Waals surface area contributed by atoms with Crippen LogP contribution in [0.25, 0.3) is 0 Å². The van der Waals surface area contributed by atoms with E-state index in [1.54, 1.807) is 6.07 Å². The molecule has 0 bridgehead atoms. The molecule has 1 fully saturated rings. The lowest BCUT2D eigenvalue weighted by Crippen LogP contribution is -2.23. The van der Waals surface area contributed by atoms with Crippen molar-refractivity contribution in [2.75, 3.05) is 0 Å². The number of nitriles is 1. The van der Waals surface area contributed by atoms with Crippen molar-refractivity contribution >= 4 is 0 Å². The predicted octanol–water partition coefficient (Wildman–Crippen LogP) is 3.28. The molecule has 17 heavy (non-hydrogen) atoms. The van der Waals surface area contributed by atoms with E-state index in [0.29, 0.717) is 17.1 Å². The second-order valence-electron chi connectivity index (χ2n) is 5.28. The fraction of sp³-hybridized carbons (Fsp3) is 0.500. The van der Waals surface area contributed by atoms with Crippen molar-refractivity contribution in [1.29, 1.82) is 5.26 Å². The van der Waals surface area contributed by atoms with E-state index in [2.05, 4.69) is 6.07 Å². The molecular weight excluding hydrogens is 214 g/mol. The van der Waals surface area contributed by atoms with Crippen LogP contribution in [0.2, 0.25) is 0 Å². The van der Waals surface area contributed by atoms with Gasteiger partial charge in [-0.1, -0.05) is 6.07 Å². The first-order valence-corrected chi connectivity index (χ1v) is 5.88. The second kappa shape index (κ2) is 4.29. The van der Waals surface area contributed by atoms with Crippen LogP contribution in [0.3, 0.4) is 0 Å². The molecule has 3 heteroatoms. The van der Waals surface area contributed by atoms with Crippen LogP contribution in [-0.4, -0.2) is 11.7 Å². The molecular formula is C14H17NO2. The average Bonchev–Trinajstić information content (AvgIpc) is 3.02. The SMILES string of the molecule is CC(C)(C)Oc1cccc(C#N)c1OC1CC1. The summed E-state index contributed by atoms with van der Waals surface area (Å²) in [6.07, 6.45) is 2.38. The molecule has 0 radical (unpaired) electrons. The highest BCUT2D eigenvalue weighted by Gasteiger charge is 2.27. The zero-order valence-electron chi connectivity index (χ0n) is 10.5. The second-order valence-corrected chi connectivity index (χ2v) is 5.28. The molecule has 1 aliphatic rings. The van der Waals surface area contributed by atoms with Gasteiger partial charge in [-0.3, -0.25) is 0 Å². The van der Waals surface area contributed by atoms with E-state index in [-0.39, 0.29) is 11.7 Å². The first-order chi connectivity index (χ1) is 7.99. The van der Waals surface area contributed by atoms with Crippen molar-refractivity contribution in [3.8, 4) is 17.6 Å². The van der Waals surface area contributed by atoms with Gasteiger partial charge in [0.05, 0.1) is 11.7 Å². The maximum atomic E-state index is 9.09. The molecule has 2 rings (SSSR count). The lowest BCUT2D eigenvalue weighted by Gasteiger charge is -2.23. The van der Waals surface area contributed by atoms with Gasteiger partial charge in [-0.05, 0) is 45.7 Å². The maximum Gasteiger partial charge on any atom is 0.179 e. The number of hydrogen-bond donors (Lipinski definition) is 0. The van der Waals surface area contributed by atoms with Gasteiger partial charge in [-0.2, -0.15) is 5.26 Å². The normalized spacial score (nSPS) is 15.2. The molecule has 1 aromatic carbocycles. The highest BCUT2D eigenvalue weighted by Crippen LogP contribution is 2.37. The van der Waals surface area contributed by atoms with E-state index in [4.69, 9.17) is 14.7 Å². The third-order valence-electron chi connectivity index (χ3n) is 2.32. The van der Waals surface area contributed by atoms with E-state index >= 15 is 0 Å². The van der Waals surface area contributed by atoms with E-state index in [1.165, 1.54) is 0 Å². The minimum absolute atomic E-state index is 0.256. The molecule has 1 aliphatic carbocycles. The molecule has 1 aromatic rings. The van der Waals surface area contributed by atoms with Gasteiger partial charge >= 0.3 is 0 Å². The van der Waals surface area contributed by atoms with Crippen molar-refractivity contribution in [1.82, 2.24) is 0 Å². The van der Waals surface area contributed by atoms with Crippen LogP contribution < -0.4 is 9.47 Å². The molecule has 0 aromatic heterocycles. The molecule has 0 aliphatic heterocycles. The average molecular weight is 231 g/mol. The fourth-order valence-corrected chi connectivity index (χ4v) is 1.49. The summed E-state index contributed by atoms with van der Waals surface area (Å²) in [5.41, 5.74) is 0.245. The lowest BCUT2D eigenvalue weighted by atomic mass is 10.1. The van der Waals surface area contributed by atoms with E-state index < -0.39 is 0 Å². The van der Waals surface area contributed by atoms with Crippen LogP contribution in [0.15, 0.2) is 18.2 Å². The van der Waals surface area contributed by atoms with Crippen molar-refractivity contribution in [3.63, 3.8) is 0 Å². The Hall–Kier alpha value is -1.69. The summed E-state index contributed by atoms with van der Waals surface area (Å²) in [7, 11) is 0. The standard InChI is InChI=1S/C14H17NO2/c1-14(2,3)17-12-6-4-5-10(9-15)13(12)16-11-7-8-11/h4-6,11H,7-8H2,1-3H3. The number of para-hydroxylation sites is 1. The number of hydrogen-bond acceptors (Lipinski definition) is 3. The Balaban J connectivity index is 2.32. The largest absolute Gasteiger partial charge is 0.485 e. The lowest BCUT2D eigenvalue weighted by molar-refractivity contribution is 0.122. The fourth-order valence-electron chi connectivity index (χ4n) is 1.49. The minimum atomic E-state index is -0.296. The summed E-state index contributed by atoms with van der Waals surface area (Å²) < 4.78 is 11.6. The first-order valence-electron chi connectivity index (χ1n) is 5.88. The van der Waals surface area contributed by atoms with Crippen molar-refractivity contribution in [3.05, 3.63) is 23.8 Å². The third-order valence-corrected chi connectivity index (χ3v) is 2.32. The summed E-state index contributed by atoms with van der Waals surface area (Å²) in [6.45, 7) is 5.94. The van der Waals surface area contributed by atoms with Crippen molar-refractivity contribution in [2.45, 2.75) is 45.3 Å². The summed E-state index contributed by atoms with van der Waals surface area (Å²) in [4.78, 5) is 0. The van der Waals surface area contributed by atoms with E-state index in [9.17, 15) is 0 Å².